The van der Waals surface area contributed by atoms with Crippen molar-refractivity contribution in [1.82, 2.24) is 19.7 Å². The van der Waals surface area contributed by atoms with Gasteiger partial charge in [0, 0.05) is 6.54 Å². The largest absolute Gasteiger partial charge is 0.350 e. The minimum absolute atomic E-state index is 0.0675. The van der Waals surface area contributed by atoms with Gasteiger partial charge in [-0.05, 0) is 50.1 Å². The molecule has 5 heteroatoms. The van der Waals surface area contributed by atoms with Crippen LogP contribution in [0.2, 0.25) is 0 Å². The van der Waals surface area contributed by atoms with Gasteiger partial charge < -0.3 is 5.32 Å². The summed E-state index contributed by atoms with van der Waals surface area (Å²) in [5.74, 6) is 0. The van der Waals surface area contributed by atoms with Crippen molar-refractivity contribution >= 4 is 5.57 Å². The number of nitrogens with zero attached hydrogens (tertiary/aromatic N) is 3. The van der Waals surface area contributed by atoms with Crippen LogP contribution < -0.4 is 11.0 Å². The molecule has 21 heavy (non-hydrogen) atoms. The Bertz CT molecular complexity index is 707. The molecule has 0 amide bonds. The summed E-state index contributed by atoms with van der Waals surface area (Å²) in [7, 11) is 0. The van der Waals surface area contributed by atoms with Crippen molar-refractivity contribution in [3.05, 3.63) is 52.7 Å². The highest BCUT2D eigenvalue weighted by Crippen LogP contribution is 2.20. The lowest BCUT2D eigenvalue weighted by Gasteiger charge is -2.14. The first kappa shape index (κ1) is 13.8. The van der Waals surface area contributed by atoms with Crippen molar-refractivity contribution in [1.29, 1.82) is 0 Å². The summed E-state index contributed by atoms with van der Waals surface area (Å²) in [5.41, 5.74) is 3.35. The maximum atomic E-state index is 12.2. The molecule has 3 rings (SSSR count). The van der Waals surface area contributed by atoms with E-state index >= 15 is 0 Å². The zero-order valence-corrected chi connectivity index (χ0v) is 12.4. The average Bonchev–Trinajstić information content (AvgIpc) is 2.90. The SMILES string of the molecule is CC(C)n1ncn(-c2ccc(C3=CCNCC3)cc2)c1=O. The van der Waals surface area contributed by atoms with Crippen LogP contribution >= 0.6 is 0 Å². The van der Waals surface area contributed by atoms with E-state index in [-0.39, 0.29) is 11.7 Å². The molecule has 0 spiro atoms. The van der Waals surface area contributed by atoms with Gasteiger partial charge in [-0.25, -0.2) is 14.0 Å². The summed E-state index contributed by atoms with van der Waals surface area (Å²) in [5, 5.41) is 7.46. The first-order chi connectivity index (χ1) is 10.2. The van der Waals surface area contributed by atoms with Crippen LogP contribution in [0.5, 0.6) is 0 Å². The topological polar surface area (TPSA) is 51.9 Å². The third-order valence-electron chi connectivity index (χ3n) is 3.76. The van der Waals surface area contributed by atoms with Crippen LogP contribution in [-0.4, -0.2) is 27.4 Å². The average molecular weight is 284 g/mol. The summed E-state index contributed by atoms with van der Waals surface area (Å²) in [4.78, 5) is 12.2. The Balaban J connectivity index is 1.91. The number of hydrogen-bond donors (Lipinski definition) is 1. The summed E-state index contributed by atoms with van der Waals surface area (Å²) >= 11 is 0. The van der Waals surface area contributed by atoms with Crippen LogP contribution in [0.3, 0.4) is 0 Å². The molecule has 0 saturated carbocycles. The number of rotatable bonds is 3. The number of aromatic nitrogens is 3. The molecule has 110 valence electrons. The number of benzene rings is 1. The molecule has 2 aromatic rings. The van der Waals surface area contributed by atoms with Crippen LogP contribution in [-0.2, 0) is 0 Å². The third-order valence-corrected chi connectivity index (χ3v) is 3.76. The molecule has 0 atom stereocenters. The van der Waals surface area contributed by atoms with E-state index in [0.29, 0.717) is 0 Å². The Hall–Kier alpha value is -2.14. The second-order valence-corrected chi connectivity index (χ2v) is 5.55. The Morgan fingerprint density at radius 3 is 2.57 bits per heavy atom. The standard InChI is InChI=1S/C16H20N4O/c1-12(2)20-16(21)19(11-18-20)15-5-3-13(4-6-15)14-7-9-17-10-8-14/h3-7,11-12,17H,8-10H2,1-2H3. The fourth-order valence-electron chi connectivity index (χ4n) is 2.57. The predicted octanol–water partition coefficient (Wildman–Crippen LogP) is 1.99. The third kappa shape index (κ3) is 2.69. The molecule has 1 N–H and O–H groups in total. The zero-order valence-electron chi connectivity index (χ0n) is 12.4. The van der Waals surface area contributed by atoms with Gasteiger partial charge in [-0.1, -0.05) is 18.2 Å². The smallest absolute Gasteiger partial charge is 0.313 e. The molecule has 0 unspecified atom stereocenters. The van der Waals surface area contributed by atoms with Crippen molar-refractivity contribution in [3.8, 4) is 5.69 Å². The Morgan fingerprint density at radius 1 is 1.24 bits per heavy atom. The quantitative estimate of drug-likeness (QED) is 0.938. The summed E-state index contributed by atoms with van der Waals surface area (Å²) in [6.07, 6.45) is 4.85. The Labute approximate surface area is 123 Å². The molecule has 1 aromatic carbocycles. The van der Waals surface area contributed by atoms with Crippen LogP contribution in [0.1, 0.15) is 31.9 Å². The van der Waals surface area contributed by atoms with E-state index in [1.807, 2.05) is 26.0 Å². The Morgan fingerprint density at radius 2 is 2.00 bits per heavy atom. The number of hydrogen-bond acceptors (Lipinski definition) is 3. The van der Waals surface area contributed by atoms with Crippen LogP contribution in [0, 0.1) is 0 Å². The Kier molecular flexibility index (Phi) is 3.75. The molecule has 1 aromatic heterocycles. The summed E-state index contributed by atoms with van der Waals surface area (Å²) in [6.45, 7) is 5.85. The lowest BCUT2D eigenvalue weighted by atomic mass is 10.0. The van der Waals surface area contributed by atoms with Gasteiger partial charge in [0.2, 0.25) is 0 Å². The minimum atomic E-state index is -0.0983. The van der Waals surface area contributed by atoms with Crippen molar-refractivity contribution in [2.45, 2.75) is 26.3 Å². The van der Waals surface area contributed by atoms with Gasteiger partial charge in [0.1, 0.15) is 6.33 Å². The minimum Gasteiger partial charge on any atom is -0.313 e. The lowest BCUT2D eigenvalue weighted by Crippen LogP contribution is -2.25. The van der Waals surface area contributed by atoms with Crippen molar-refractivity contribution in [2.24, 2.45) is 0 Å². The van der Waals surface area contributed by atoms with Gasteiger partial charge in [-0.2, -0.15) is 5.10 Å². The van der Waals surface area contributed by atoms with Gasteiger partial charge in [0.15, 0.2) is 0 Å². The molecule has 5 nitrogen and oxygen atoms in total. The lowest BCUT2D eigenvalue weighted by molar-refractivity contribution is 0.511. The van der Waals surface area contributed by atoms with Gasteiger partial charge >= 0.3 is 5.69 Å². The maximum absolute atomic E-state index is 12.2. The van der Waals surface area contributed by atoms with E-state index in [9.17, 15) is 4.79 Å². The molecule has 0 aliphatic carbocycles. The highest BCUT2D eigenvalue weighted by molar-refractivity contribution is 5.67. The van der Waals surface area contributed by atoms with Gasteiger partial charge in [0.25, 0.3) is 0 Å². The first-order valence-corrected chi connectivity index (χ1v) is 7.33. The first-order valence-electron chi connectivity index (χ1n) is 7.33. The van der Waals surface area contributed by atoms with E-state index in [1.165, 1.54) is 15.8 Å². The molecule has 1 aliphatic heterocycles. The molecular formula is C16H20N4O. The molecule has 0 fully saturated rings. The molecule has 1 aliphatic rings. The second-order valence-electron chi connectivity index (χ2n) is 5.55. The molecule has 0 radical (unpaired) electrons. The van der Waals surface area contributed by atoms with E-state index in [2.05, 4.69) is 28.6 Å². The highest BCUT2D eigenvalue weighted by Gasteiger charge is 2.10. The molecule has 0 saturated heterocycles. The maximum Gasteiger partial charge on any atom is 0.350 e. The number of nitrogens with one attached hydrogen (secondary N) is 1. The van der Waals surface area contributed by atoms with Crippen molar-refractivity contribution in [2.75, 3.05) is 13.1 Å². The van der Waals surface area contributed by atoms with Gasteiger partial charge in [-0.3, -0.25) is 0 Å². The summed E-state index contributed by atoms with van der Waals surface area (Å²) in [6, 6.07) is 8.17. The van der Waals surface area contributed by atoms with Gasteiger partial charge in [0.05, 0.1) is 11.7 Å². The summed E-state index contributed by atoms with van der Waals surface area (Å²) < 4.78 is 3.07. The zero-order chi connectivity index (χ0) is 14.8. The van der Waals surface area contributed by atoms with Crippen molar-refractivity contribution in [3.63, 3.8) is 0 Å². The van der Waals surface area contributed by atoms with Crippen LogP contribution in [0.25, 0.3) is 11.3 Å². The van der Waals surface area contributed by atoms with E-state index in [4.69, 9.17) is 0 Å². The van der Waals surface area contributed by atoms with Crippen molar-refractivity contribution < 1.29 is 0 Å². The normalized spacial score (nSPS) is 15.3. The van der Waals surface area contributed by atoms with E-state index in [0.717, 1.165) is 25.2 Å². The van der Waals surface area contributed by atoms with E-state index < -0.39 is 0 Å². The van der Waals surface area contributed by atoms with Crippen LogP contribution in [0.15, 0.2) is 41.5 Å². The van der Waals surface area contributed by atoms with Gasteiger partial charge in [-0.15, -0.1) is 0 Å². The molecule has 0 bridgehead atoms. The fraction of sp³-hybridized carbons (Fsp3) is 0.375. The monoisotopic (exact) mass is 284 g/mol. The predicted molar refractivity (Wildman–Crippen MR) is 83.7 cm³/mol. The van der Waals surface area contributed by atoms with E-state index in [1.54, 1.807) is 10.9 Å². The molecule has 2 heterocycles. The fourth-order valence-corrected chi connectivity index (χ4v) is 2.57. The molecular weight excluding hydrogens is 264 g/mol. The second kappa shape index (κ2) is 5.69. The highest BCUT2D eigenvalue weighted by atomic mass is 16.2. The van der Waals surface area contributed by atoms with Crippen LogP contribution in [0.4, 0.5) is 0 Å².